The van der Waals surface area contributed by atoms with Gasteiger partial charge in [-0.25, -0.2) is 9.59 Å². The molecule has 3 rings (SSSR count). The molecular weight excluding hydrogens is 434 g/mol. The zero-order chi connectivity index (χ0) is 24.5. The summed E-state index contributed by atoms with van der Waals surface area (Å²) in [7, 11) is 1.44. The quantitative estimate of drug-likeness (QED) is 0.515. The van der Waals surface area contributed by atoms with E-state index >= 15 is 0 Å². The molecule has 0 radical (unpaired) electrons. The number of carbonyl (C=O) groups excluding carboxylic acids is 3. The number of anilines is 1. The number of esters is 1. The van der Waals surface area contributed by atoms with Crippen LogP contribution >= 0.6 is 0 Å². The van der Waals surface area contributed by atoms with Gasteiger partial charge in [-0.15, -0.1) is 0 Å². The van der Waals surface area contributed by atoms with E-state index in [-0.39, 0.29) is 25.2 Å². The number of hydrogen-bond acceptors (Lipinski definition) is 5. The van der Waals surface area contributed by atoms with Crippen molar-refractivity contribution in [1.82, 2.24) is 10.2 Å². The van der Waals surface area contributed by atoms with Crippen LogP contribution in [0.5, 0.6) is 0 Å². The number of unbranched alkanes of at least 4 members (excludes halogenated alkanes) is 1. The number of hydrogen-bond donors (Lipinski definition) is 2. The second kappa shape index (κ2) is 12.0. The van der Waals surface area contributed by atoms with Crippen LogP contribution in [-0.2, 0) is 19.1 Å². The first-order valence-corrected chi connectivity index (χ1v) is 11.4. The van der Waals surface area contributed by atoms with Crippen LogP contribution in [0, 0.1) is 0 Å². The molecule has 2 aromatic carbocycles. The lowest BCUT2D eigenvalue weighted by Crippen LogP contribution is -2.48. The lowest BCUT2D eigenvalue weighted by molar-refractivity contribution is -0.139. The SMILES string of the molecule is CCCCN1C(=O)N[C@H](c2cccc(NC(=O)COC)c2)C(C(=O)OCC)=C1c1ccccc1. The number of amides is 3. The fourth-order valence-corrected chi connectivity index (χ4v) is 3.89. The maximum Gasteiger partial charge on any atom is 0.338 e. The van der Waals surface area contributed by atoms with Gasteiger partial charge < -0.3 is 20.1 Å². The minimum atomic E-state index is -0.751. The minimum absolute atomic E-state index is 0.0804. The first kappa shape index (κ1) is 25.0. The van der Waals surface area contributed by atoms with Crippen molar-refractivity contribution in [2.45, 2.75) is 32.7 Å². The molecule has 8 heteroatoms. The van der Waals surface area contributed by atoms with Crippen LogP contribution in [0.25, 0.3) is 5.70 Å². The third-order valence-corrected chi connectivity index (χ3v) is 5.38. The van der Waals surface area contributed by atoms with Crippen molar-refractivity contribution in [3.63, 3.8) is 0 Å². The molecule has 34 heavy (non-hydrogen) atoms. The molecule has 0 fully saturated rings. The molecule has 0 unspecified atom stereocenters. The maximum absolute atomic E-state index is 13.3. The Labute approximate surface area is 199 Å². The first-order chi connectivity index (χ1) is 16.5. The molecule has 1 atom stereocenters. The molecule has 1 aliphatic rings. The van der Waals surface area contributed by atoms with Crippen molar-refractivity contribution in [1.29, 1.82) is 0 Å². The van der Waals surface area contributed by atoms with Gasteiger partial charge in [-0.1, -0.05) is 55.8 Å². The molecule has 1 heterocycles. The van der Waals surface area contributed by atoms with Crippen molar-refractivity contribution < 1.29 is 23.9 Å². The predicted molar refractivity (Wildman–Crippen MR) is 130 cm³/mol. The number of carbonyl (C=O) groups is 3. The highest BCUT2D eigenvalue weighted by molar-refractivity contribution is 6.04. The van der Waals surface area contributed by atoms with Gasteiger partial charge in [-0.3, -0.25) is 9.69 Å². The molecule has 0 saturated carbocycles. The molecule has 3 amide bonds. The van der Waals surface area contributed by atoms with Gasteiger partial charge >= 0.3 is 12.0 Å². The van der Waals surface area contributed by atoms with Crippen molar-refractivity contribution in [2.75, 3.05) is 32.2 Å². The highest BCUT2D eigenvalue weighted by atomic mass is 16.5. The van der Waals surface area contributed by atoms with Crippen molar-refractivity contribution in [3.05, 3.63) is 71.3 Å². The van der Waals surface area contributed by atoms with Crippen LogP contribution in [0.2, 0.25) is 0 Å². The normalized spacial score (nSPS) is 15.7. The van der Waals surface area contributed by atoms with E-state index in [0.717, 1.165) is 18.4 Å². The Balaban J connectivity index is 2.15. The summed E-state index contributed by atoms with van der Waals surface area (Å²) in [6.45, 7) is 4.38. The van der Waals surface area contributed by atoms with Crippen LogP contribution in [-0.4, -0.2) is 49.7 Å². The summed E-state index contributed by atoms with van der Waals surface area (Å²) in [5.41, 5.74) is 2.83. The van der Waals surface area contributed by atoms with Gasteiger partial charge in [0.15, 0.2) is 0 Å². The zero-order valence-electron chi connectivity index (χ0n) is 19.8. The maximum atomic E-state index is 13.3. The standard InChI is InChI=1S/C26H31N3O5/c1-4-6-15-29-24(18-11-8-7-9-12-18)22(25(31)34-5-2)23(28-26(29)32)19-13-10-14-20(16-19)27-21(30)17-33-3/h7-14,16,23H,4-6,15,17H2,1-3H3,(H,27,30)(H,28,32)/t23-/m1/s1. The van der Waals surface area contributed by atoms with Gasteiger partial charge in [0.2, 0.25) is 5.91 Å². The minimum Gasteiger partial charge on any atom is -0.463 e. The number of methoxy groups -OCH3 is 1. The smallest absolute Gasteiger partial charge is 0.338 e. The fraction of sp³-hybridized carbons (Fsp3) is 0.346. The van der Waals surface area contributed by atoms with E-state index in [4.69, 9.17) is 9.47 Å². The second-order valence-corrected chi connectivity index (χ2v) is 7.84. The molecule has 0 saturated heterocycles. The van der Waals surface area contributed by atoms with E-state index in [2.05, 4.69) is 10.6 Å². The molecule has 0 bridgehead atoms. The Hall–Kier alpha value is -3.65. The van der Waals surface area contributed by atoms with Gasteiger partial charge in [0.1, 0.15) is 6.61 Å². The van der Waals surface area contributed by atoms with E-state index in [1.54, 1.807) is 36.1 Å². The molecule has 0 aromatic heterocycles. The van der Waals surface area contributed by atoms with E-state index in [1.165, 1.54) is 7.11 Å². The summed E-state index contributed by atoms with van der Waals surface area (Å²) in [5, 5.41) is 5.74. The van der Waals surface area contributed by atoms with Gasteiger partial charge in [0, 0.05) is 19.3 Å². The third-order valence-electron chi connectivity index (χ3n) is 5.38. The molecule has 8 nitrogen and oxygen atoms in total. The molecule has 2 aromatic rings. The molecule has 0 spiro atoms. The second-order valence-electron chi connectivity index (χ2n) is 7.84. The van der Waals surface area contributed by atoms with Crippen LogP contribution in [0.15, 0.2) is 60.2 Å². The highest BCUT2D eigenvalue weighted by Crippen LogP contribution is 2.37. The van der Waals surface area contributed by atoms with Gasteiger partial charge in [0.05, 0.1) is 23.9 Å². The summed E-state index contributed by atoms with van der Waals surface area (Å²) in [6, 6.07) is 15.4. The molecule has 0 aliphatic carbocycles. The molecular formula is C26H31N3O5. The lowest BCUT2D eigenvalue weighted by atomic mass is 9.91. The van der Waals surface area contributed by atoms with Crippen molar-refractivity contribution in [3.8, 4) is 0 Å². The average molecular weight is 466 g/mol. The summed E-state index contributed by atoms with van der Waals surface area (Å²) in [6.07, 6.45) is 1.68. The van der Waals surface area contributed by atoms with Crippen LogP contribution in [0.3, 0.4) is 0 Å². The third kappa shape index (κ3) is 5.82. The summed E-state index contributed by atoms with van der Waals surface area (Å²) >= 11 is 0. The molecule has 1 aliphatic heterocycles. The first-order valence-electron chi connectivity index (χ1n) is 11.4. The summed E-state index contributed by atoms with van der Waals surface area (Å²) < 4.78 is 10.3. The lowest BCUT2D eigenvalue weighted by Gasteiger charge is -2.37. The Morgan fingerprint density at radius 3 is 2.53 bits per heavy atom. The van der Waals surface area contributed by atoms with Crippen LogP contribution < -0.4 is 10.6 Å². The monoisotopic (exact) mass is 465 g/mol. The number of rotatable bonds is 10. The van der Waals surface area contributed by atoms with E-state index in [1.807, 2.05) is 37.3 Å². The Bertz CT molecular complexity index is 1050. The van der Waals surface area contributed by atoms with Gasteiger partial charge in [0.25, 0.3) is 0 Å². The van der Waals surface area contributed by atoms with Gasteiger partial charge in [-0.05, 0) is 36.6 Å². The molecule has 180 valence electrons. The van der Waals surface area contributed by atoms with Crippen molar-refractivity contribution >= 4 is 29.3 Å². The zero-order valence-corrected chi connectivity index (χ0v) is 19.8. The van der Waals surface area contributed by atoms with E-state index in [9.17, 15) is 14.4 Å². The van der Waals surface area contributed by atoms with Crippen LogP contribution in [0.1, 0.15) is 43.9 Å². The topological polar surface area (TPSA) is 97.0 Å². The number of urea groups is 1. The summed E-state index contributed by atoms with van der Waals surface area (Å²) in [5.74, 6) is -0.800. The van der Waals surface area contributed by atoms with E-state index in [0.29, 0.717) is 29.1 Å². The number of benzene rings is 2. The Morgan fingerprint density at radius 1 is 1.09 bits per heavy atom. The van der Waals surface area contributed by atoms with Crippen molar-refractivity contribution in [2.24, 2.45) is 0 Å². The number of nitrogens with zero attached hydrogens (tertiary/aromatic N) is 1. The van der Waals surface area contributed by atoms with E-state index < -0.39 is 12.0 Å². The Morgan fingerprint density at radius 2 is 1.85 bits per heavy atom. The predicted octanol–water partition coefficient (Wildman–Crippen LogP) is 4.11. The number of nitrogens with one attached hydrogen (secondary N) is 2. The Kier molecular flexibility index (Phi) is 8.81. The van der Waals surface area contributed by atoms with Gasteiger partial charge in [-0.2, -0.15) is 0 Å². The highest BCUT2D eigenvalue weighted by Gasteiger charge is 2.38. The van der Waals surface area contributed by atoms with Crippen LogP contribution in [0.4, 0.5) is 10.5 Å². The largest absolute Gasteiger partial charge is 0.463 e. The number of ether oxygens (including phenoxy) is 2. The molecule has 2 N–H and O–H groups in total. The average Bonchev–Trinajstić information content (AvgIpc) is 2.83. The summed E-state index contributed by atoms with van der Waals surface area (Å²) in [4.78, 5) is 40.2. The fourth-order valence-electron chi connectivity index (χ4n) is 3.89.